The molecule has 2 rings (SSSR count). The molecule has 0 aromatic heterocycles. The molecule has 3 N–H and O–H groups in total. The summed E-state index contributed by atoms with van der Waals surface area (Å²) in [6.45, 7) is 6.08. The van der Waals surface area contributed by atoms with Crippen molar-refractivity contribution in [2.75, 3.05) is 5.32 Å². The second-order valence-electron chi connectivity index (χ2n) is 4.94. The highest BCUT2D eigenvalue weighted by Crippen LogP contribution is 2.40. The third-order valence-corrected chi connectivity index (χ3v) is 3.81. The van der Waals surface area contributed by atoms with E-state index in [2.05, 4.69) is 35.1 Å². The first-order chi connectivity index (χ1) is 7.91. The van der Waals surface area contributed by atoms with Gasteiger partial charge in [0.05, 0.1) is 5.92 Å². The Morgan fingerprint density at radius 1 is 1.41 bits per heavy atom. The van der Waals surface area contributed by atoms with Crippen LogP contribution in [0.25, 0.3) is 0 Å². The number of carbonyl (C=O) groups excluding carboxylic acids is 1. The SMILES string of the molecule is CC1C(=O)Nc2c1cc(Br)cc2C(N)C(C)C. The molecule has 17 heavy (non-hydrogen) atoms. The Morgan fingerprint density at radius 3 is 2.65 bits per heavy atom. The predicted molar refractivity (Wildman–Crippen MR) is 73.0 cm³/mol. The van der Waals surface area contributed by atoms with Gasteiger partial charge < -0.3 is 11.1 Å². The Morgan fingerprint density at radius 2 is 2.06 bits per heavy atom. The summed E-state index contributed by atoms with van der Waals surface area (Å²) in [5, 5.41) is 2.94. The first kappa shape index (κ1) is 12.6. The molecule has 0 bridgehead atoms. The van der Waals surface area contributed by atoms with Gasteiger partial charge >= 0.3 is 0 Å². The molecule has 0 spiro atoms. The molecular formula is C13H17BrN2O. The largest absolute Gasteiger partial charge is 0.325 e. The highest BCUT2D eigenvalue weighted by molar-refractivity contribution is 9.10. The van der Waals surface area contributed by atoms with E-state index in [9.17, 15) is 4.79 Å². The number of halogens is 1. The van der Waals surface area contributed by atoms with Crippen LogP contribution in [0.5, 0.6) is 0 Å². The molecule has 0 fully saturated rings. The number of rotatable bonds is 2. The number of hydrogen-bond donors (Lipinski definition) is 2. The fourth-order valence-electron chi connectivity index (χ4n) is 2.13. The van der Waals surface area contributed by atoms with E-state index in [-0.39, 0.29) is 17.9 Å². The van der Waals surface area contributed by atoms with Crippen LogP contribution in [0, 0.1) is 5.92 Å². The minimum atomic E-state index is -0.0967. The fourth-order valence-corrected chi connectivity index (χ4v) is 2.62. The highest BCUT2D eigenvalue weighted by atomic mass is 79.9. The van der Waals surface area contributed by atoms with Gasteiger partial charge in [0.2, 0.25) is 5.91 Å². The molecule has 1 amide bonds. The summed E-state index contributed by atoms with van der Waals surface area (Å²) in [5.74, 6) is 0.289. The molecular weight excluding hydrogens is 280 g/mol. The molecule has 2 unspecified atom stereocenters. The van der Waals surface area contributed by atoms with Gasteiger partial charge in [-0.1, -0.05) is 29.8 Å². The van der Waals surface area contributed by atoms with Crippen molar-refractivity contribution in [3.05, 3.63) is 27.7 Å². The second kappa shape index (κ2) is 4.42. The smallest absolute Gasteiger partial charge is 0.231 e. The lowest BCUT2D eigenvalue weighted by Gasteiger charge is -2.19. The zero-order valence-corrected chi connectivity index (χ0v) is 11.8. The predicted octanol–water partition coefficient (Wildman–Crippen LogP) is 3.16. The van der Waals surface area contributed by atoms with Crippen LogP contribution < -0.4 is 11.1 Å². The van der Waals surface area contributed by atoms with Crippen LogP contribution in [0.15, 0.2) is 16.6 Å². The molecule has 1 heterocycles. The Labute approximate surface area is 110 Å². The van der Waals surface area contributed by atoms with E-state index in [1.54, 1.807) is 0 Å². The van der Waals surface area contributed by atoms with Crippen LogP contribution in [-0.2, 0) is 4.79 Å². The van der Waals surface area contributed by atoms with Crippen LogP contribution in [-0.4, -0.2) is 5.91 Å². The van der Waals surface area contributed by atoms with Crippen molar-refractivity contribution < 1.29 is 4.79 Å². The van der Waals surface area contributed by atoms with Crippen LogP contribution in [0.4, 0.5) is 5.69 Å². The van der Waals surface area contributed by atoms with Crippen molar-refractivity contribution in [3.63, 3.8) is 0 Å². The van der Waals surface area contributed by atoms with E-state index in [0.717, 1.165) is 21.3 Å². The lowest BCUT2D eigenvalue weighted by Crippen LogP contribution is -2.18. The molecule has 0 saturated carbocycles. The molecule has 0 aliphatic carbocycles. The minimum absolute atomic E-state index is 0.0512. The van der Waals surface area contributed by atoms with E-state index in [1.165, 1.54) is 0 Å². The number of fused-ring (bicyclic) bond motifs is 1. The summed E-state index contributed by atoms with van der Waals surface area (Å²) in [4.78, 5) is 11.7. The Hall–Kier alpha value is -0.870. The van der Waals surface area contributed by atoms with Crippen molar-refractivity contribution in [1.82, 2.24) is 0 Å². The number of amides is 1. The summed E-state index contributed by atoms with van der Waals surface area (Å²) < 4.78 is 0.978. The molecule has 92 valence electrons. The molecule has 1 aliphatic heterocycles. The molecule has 1 aromatic rings. The number of benzene rings is 1. The van der Waals surface area contributed by atoms with Gasteiger partial charge in [0.25, 0.3) is 0 Å². The van der Waals surface area contributed by atoms with Crippen molar-refractivity contribution in [2.45, 2.75) is 32.7 Å². The first-order valence-electron chi connectivity index (χ1n) is 5.81. The topological polar surface area (TPSA) is 55.1 Å². The van der Waals surface area contributed by atoms with Gasteiger partial charge in [-0.15, -0.1) is 0 Å². The van der Waals surface area contributed by atoms with Gasteiger partial charge in [-0.2, -0.15) is 0 Å². The van der Waals surface area contributed by atoms with Gasteiger partial charge in [0.1, 0.15) is 0 Å². The van der Waals surface area contributed by atoms with Crippen LogP contribution in [0.3, 0.4) is 0 Å². The maximum atomic E-state index is 11.7. The second-order valence-corrected chi connectivity index (χ2v) is 5.86. The van der Waals surface area contributed by atoms with Gasteiger partial charge in [-0.25, -0.2) is 0 Å². The number of anilines is 1. The van der Waals surface area contributed by atoms with Crippen molar-refractivity contribution >= 4 is 27.5 Å². The zero-order valence-electron chi connectivity index (χ0n) is 10.3. The monoisotopic (exact) mass is 296 g/mol. The molecule has 1 aliphatic rings. The molecule has 4 heteroatoms. The highest BCUT2D eigenvalue weighted by Gasteiger charge is 2.30. The summed E-state index contributed by atoms with van der Waals surface area (Å²) in [6, 6.07) is 3.93. The molecule has 1 aromatic carbocycles. The van der Waals surface area contributed by atoms with E-state index in [0.29, 0.717) is 5.92 Å². The van der Waals surface area contributed by atoms with Crippen LogP contribution in [0.2, 0.25) is 0 Å². The van der Waals surface area contributed by atoms with Crippen molar-refractivity contribution in [1.29, 1.82) is 0 Å². The van der Waals surface area contributed by atoms with Gasteiger partial charge in [-0.3, -0.25) is 4.79 Å². The maximum absolute atomic E-state index is 11.7. The van der Waals surface area contributed by atoms with E-state index in [4.69, 9.17) is 5.73 Å². The Balaban J connectivity index is 2.56. The number of nitrogens with one attached hydrogen (secondary N) is 1. The van der Waals surface area contributed by atoms with Crippen LogP contribution >= 0.6 is 15.9 Å². The fraction of sp³-hybridized carbons (Fsp3) is 0.462. The van der Waals surface area contributed by atoms with Gasteiger partial charge in [-0.05, 0) is 36.1 Å². The standard InChI is InChI=1S/C13H17BrN2O/c1-6(2)11(15)10-5-8(14)4-9-7(3)13(17)16-12(9)10/h4-7,11H,15H2,1-3H3,(H,16,17). The van der Waals surface area contributed by atoms with Crippen LogP contribution in [0.1, 0.15) is 43.9 Å². The minimum Gasteiger partial charge on any atom is -0.325 e. The maximum Gasteiger partial charge on any atom is 0.231 e. The third-order valence-electron chi connectivity index (χ3n) is 3.35. The number of nitrogens with two attached hydrogens (primary N) is 1. The van der Waals surface area contributed by atoms with Gasteiger partial charge in [0, 0.05) is 16.2 Å². The average molecular weight is 297 g/mol. The van der Waals surface area contributed by atoms with E-state index >= 15 is 0 Å². The van der Waals surface area contributed by atoms with Gasteiger partial charge in [0.15, 0.2) is 0 Å². The summed E-state index contributed by atoms with van der Waals surface area (Å²) in [5.41, 5.74) is 9.16. The molecule has 0 radical (unpaired) electrons. The third kappa shape index (κ3) is 2.11. The molecule has 2 atom stereocenters. The van der Waals surface area contributed by atoms with Crippen molar-refractivity contribution in [3.8, 4) is 0 Å². The lowest BCUT2D eigenvalue weighted by molar-refractivity contribution is -0.116. The Bertz CT molecular complexity index is 471. The Kier molecular flexibility index (Phi) is 3.27. The number of hydrogen-bond acceptors (Lipinski definition) is 2. The quantitative estimate of drug-likeness (QED) is 0.881. The summed E-state index contributed by atoms with van der Waals surface area (Å²) in [6.07, 6.45) is 0. The number of carbonyl (C=O) groups is 1. The normalized spacial score (nSPS) is 20.4. The molecule has 3 nitrogen and oxygen atoms in total. The first-order valence-corrected chi connectivity index (χ1v) is 6.61. The summed E-state index contributed by atoms with van der Waals surface area (Å²) >= 11 is 3.49. The lowest BCUT2D eigenvalue weighted by atomic mass is 9.92. The van der Waals surface area contributed by atoms with E-state index in [1.807, 2.05) is 19.1 Å². The zero-order chi connectivity index (χ0) is 12.7. The molecule has 0 saturated heterocycles. The van der Waals surface area contributed by atoms with Crippen molar-refractivity contribution in [2.24, 2.45) is 11.7 Å². The average Bonchev–Trinajstić information content (AvgIpc) is 2.54. The summed E-state index contributed by atoms with van der Waals surface area (Å²) in [7, 11) is 0. The van der Waals surface area contributed by atoms with E-state index < -0.39 is 0 Å².